The van der Waals surface area contributed by atoms with Gasteiger partial charge >= 0.3 is 5.97 Å². The fourth-order valence-electron chi connectivity index (χ4n) is 2.06. The van der Waals surface area contributed by atoms with Crippen LogP contribution in [0.2, 0.25) is 0 Å². The minimum Gasteiger partial charge on any atom is -0.466 e. The summed E-state index contributed by atoms with van der Waals surface area (Å²) in [6.07, 6.45) is 0. The summed E-state index contributed by atoms with van der Waals surface area (Å²) in [6.45, 7) is 3.44. The first-order valence-electron chi connectivity index (χ1n) is 6.85. The van der Waals surface area contributed by atoms with E-state index in [0.717, 1.165) is 5.76 Å². The van der Waals surface area contributed by atoms with Gasteiger partial charge in [-0.15, -0.1) is 10.2 Å². The summed E-state index contributed by atoms with van der Waals surface area (Å²) in [5.41, 5.74) is 0.943. The van der Waals surface area contributed by atoms with E-state index >= 15 is 0 Å². The number of esters is 1. The van der Waals surface area contributed by atoms with Crippen LogP contribution in [0.5, 0.6) is 0 Å². The van der Waals surface area contributed by atoms with Crippen molar-refractivity contribution in [3.63, 3.8) is 0 Å². The number of benzene rings is 1. The molecule has 0 fully saturated rings. The predicted molar refractivity (Wildman–Crippen MR) is 77.0 cm³/mol. The first-order chi connectivity index (χ1) is 11.0. The Morgan fingerprint density at radius 2 is 1.91 bits per heavy atom. The van der Waals surface area contributed by atoms with Crippen molar-refractivity contribution in [2.45, 2.75) is 20.5 Å². The number of hydrogen-bond donors (Lipinski definition) is 0. The second-order valence-corrected chi connectivity index (χ2v) is 4.91. The van der Waals surface area contributed by atoms with Crippen molar-refractivity contribution in [3.8, 4) is 11.5 Å². The minimum atomic E-state index is -0.597. The molecule has 3 aromatic rings. The van der Waals surface area contributed by atoms with Gasteiger partial charge in [-0.1, -0.05) is 0 Å². The van der Waals surface area contributed by atoms with E-state index in [1.54, 1.807) is 13.0 Å². The van der Waals surface area contributed by atoms with Crippen LogP contribution < -0.4 is 0 Å². The van der Waals surface area contributed by atoms with Crippen molar-refractivity contribution in [2.24, 2.45) is 0 Å². The molecule has 1 aromatic carbocycles. The first kappa shape index (κ1) is 15.0. The Morgan fingerprint density at radius 3 is 2.57 bits per heavy atom. The topological polar surface area (TPSA) is 78.4 Å². The van der Waals surface area contributed by atoms with Gasteiger partial charge in [0.2, 0.25) is 0 Å². The van der Waals surface area contributed by atoms with Crippen LogP contribution in [0.3, 0.4) is 0 Å². The number of carbonyl (C=O) groups excluding carboxylic acids is 1. The van der Waals surface area contributed by atoms with E-state index in [9.17, 15) is 9.18 Å². The number of rotatable bonds is 4. The summed E-state index contributed by atoms with van der Waals surface area (Å²) in [4.78, 5) is 11.8. The summed E-state index contributed by atoms with van der Waals surface area (Å²) >= 11 is 0. The first-order valence-corrected chi connectivity index (χ1v) is 6.85. The smallest absolute Gasteiger partial charge is 0.338 e. The number of furan rings is 1. The van der Waals surface area contributed by atoms with Crippen molar-refractivity contribution in [3.05, 3.63) is 59.1 Å². The van der Waals surface area contributed by atoms with Gasteiger partial charge < -0.3 is 13.6 Å². The summed E-state index contributed by atoms with van der Waals surface area (Å²) in [6, 6.07) is 6.84. The Morgan fingerprint density at radius 1 is 1.17 bits per heavy atom. The highest BCUT2D eigenvalue weighted by Gasteiger charge is 2.16. The fraction of sp³-hybridized carbons (Fsp3) is 0.188. The van der Waals surface area contributed by atoms with Crippen molar-refractivity contribution in [2.75, 3.05) is 0 Å². The minimum absolute atomic E-state index is 0.161. The molecule has 0 unspecified atom stereocenters. The lowest BCUT2D eigenvalue weighted by molar-refractivity contribution is 0.0438. The Labute approximate surface area is 130 Å². The molecule has 0 atom stereocenters. The molecule has 2 heterocycles. The van der Waals surface area contributed by atoms with Crippen LogP contribution in [-0.4, -0.2) is 16.2 Å². The molecule has 0 radical (unpaired) electrons. The highest BCUT2D eigenvalue weighted by Crippen LogP contribution is 2.25. The summed E-state index contributed by atoms with van der Waals surface area (Å²) < 4.78 is 28.7. The molecule has 0 saturated heterocycles. The van der Waals surface area contributed by atoms with Gasteiger partial charge in [0.05, 0.1) is 11.1 Å². The third-order valence-electron chi connectivity index (χ3n) is 3.14. The van der Waals surface area contributed by atoms with E-state index in [0.29, 0.717) is 17.2 Å². The van der Waals surface area contributed by atoms with Crippen LogP contribution >= 0.6 is 0 Å². The van der Waals surface area contributed by atoms with Gasteiger partial charge in [-0.2, -0.15) is 0 Å². The highest BCUT2D eigenvalue weighted by atomic mass is 19.1. The largest absolute Gasteiger partial charge is 0.466 e. The van der Waals surface area contributed by atoms with Crippen LogP contribution in [0.15, 0.2) is 39.2 Å². The quantitative estimate of drug-likeness (QED) is 0.686. The third kappa shape index (κ3) is 3.28. The second kappa shape index (κ2) is 6.04. The van der Waals surface area contributed by atoms with Gasteiger partial charge in [-0.25, -0.2) is 9.18 Å². The van der Waals surface area contributed by atoms with E-state index in [-0.39, 0.29) is 18.1 Å². The van der Waals surface area contributed by atoms with Crippen molar-refractivity contribution in [1.29, 1.82) is 0 Å². The van der Waals surface area contributed by atoms with Crippen molar-refractivity contribution in [1.82, 2.24) is 10.2 Å². The molecule has 0 spiro atoms. The van der Waals surface area contributed by atoms with E-state index in [4.69, 9.17) is 13.6 Å². The van der Waals surface area contributed by atoms with Gasteiger partial charge in [0, 0.05) is 0 Å². The molecule has 7 heteroatoms. The second-order valence-electron chi connectivity index (χ2n) is 4.91. The standard InChI is InChI=1S/C16H13FN2O4/c1-9-7-13(10(2)22-9)15-19-18-14(23-15)8-21-16(20)11-3-5-12(17)6-4-11/h3-7H,8H2,1-2H3. The van der Waals surface area contributed by atoms with E-state index in [2.05, 4.69) is 10.2 Å². The molecule has 2 aromatic heterocycles. The molecule has 0 aliphatic rings. The molecule has 0 bridgehead atoms. The van der Waals surface area contributed by atoms with E-state index in [1.165, 1.54) is 24.3 Å². The molecule has 23 heavy (non-hydrogen) atoms. The van der Waals surface area contributed by atoms with Gasteiger partial charge in [0.25, 0.3) is 11.8 Å². The summed E-state index contributed by atoms with van der Waals surface area (Å²) in [7, 11) is 0. The molecule has 0 aliphatic heterocycles. The number of hydrogen-bond acceptors (Lipinski definition) is 6. The molecular weight excluding hydrogens is 303 g/mol. The molecule has 6 nitrogen and oxygen atoms in total. The number of halogens is 1. The Bertz CT molecular complexity index is 836. The van der Waals surface area contributed by atoms with Gasteiger partial charge in [-0.05, 0) is 44.2 Å². The van der Waals surface area contributed by atoms with E-state index in [1.807, 2.05) is 6.92 Å². The molecule has 3 rings (SSSR count). The predicted octanol–water partition coefficient (Wildman–Crippen LogP) is 3.44. The lowest BCUT2D eigenvalue weighted by Crippen LogP contribution is -2.05. The third-order valence-corrected chi connectivity index (χ3v) is 3.14. The molecular formula is C16H13FN2O4. The fourth-order valence-corrected chi connectivity index (χ4v) is 2.06. The van der Waals surface area contributed by atoms with Crippen LogP contribution in [0.25, 0.3) is 11.5 Å². The highest BCUT2D eigenvalue weighted by molar-refractivity contribution is 5.89. The molecule has 0 N–H and O–H groups in total. The lowest BCUT2D eigenvalue weighted by Gasteiger charge is -2.01. The number of carbonyl (C=O) groups is 1. The van der Waals surface area contributed by atoms with Crippen LogP contribution in [0.1, 0.15) is 27.8 Å². The van der Waals surface area contributed by atoms with Crippen molar-refractivity contribution < 1.29 is 22.8 Å². The molecule has 0 aliphatic carbocycles. The Hall–Kier alpha value is -2.96. The van der Waals surface area contributed by atoms with Gasteiger partial charge in [0.15, 0.2) is 6.61 Å². The molecule has 118 valence electrons. The molecule has 0 saturated carbocycles. The average Bonchev–Trinajstić information content (AvgIpc) is 3.11. The van der Waals surface area contributed by atoms with Crippen LogP contribution in [0.4, 0.5) is 4.39 Å². The van der Waals surface area contributed by atoms with Crippen LogP contribution in [0, 0.1) is 19.7 Å². The summed E-state index contributed by atoms with van der Waals surface area (Å²) in [5, 5.41) is 7.73. The van der Waals surface area contributed by atoms with Crippen molar-refractivity contribution >= 4 is 5.97 Å². The number of aryl methyl sites for hydroxylation is 2. The Balaban J connectivity index is 1.66. The number of ether oxygens (including phenoxy) is 1. The average molecular weight is 316 g/mol. The summed E-state index contributed by atoms with van der Waals surface area (Å²) in [5.74, 6) is 0.843. The monoisotopic (exact) mass is 316 g/mol. The maximum absolute atomic E-state index is 12.8. The normalized spacial score (nSPS) is 10.7. The zero-order valence-electron chi connectivity index (χ0n) is 12.5. The van der Waals surface area contributed by atoms with Gasteiger partial charge in [0.1, 0.15) is 17.3 Å². The van der Waals surface area contributed by atoms with Crippen LogP contribution in [-0.2, 0) is 11.3 Å². The SMILES string of the molecule is Cc1cc(-c2nnc(COC(=O)c3ccc(F)cc3)o2)c(C)o1. The zero-order chi connectivity index (χ0) is 16.4. The number of aromatic nitrogens is 2. The zero-order valence-corrected chi connectivity index (χ0v) is 12.5. The lowest BCUT2D eigenvalue weighted by atomic mass is 10.2. The molecule has 0 amide bonds. The van der Waals surface area contributed by atoms with Gasteiger partial charge in [-0.3, -0.25) is 0 Å². The maximum atomic E-state index is 12.8. The van der Waals surface area contributed by atoms with E-state index < -0.39 is 11.8 Å². The Kier molecular flexibility index (Phi) is 3.92. The maximum Gasteiger partial charge on any atom is 0.338 e. The number of nitrogens with zero attached hydrogens (tertiary/aromatic N) is 2.